The van der Waals surface area contributed by atoms with E-state index in [-0.39, 0.29) is 48.4 Å². The van der Waals surface area contributed by atoms with Crippen LogP contribution >= 0.6 is 11.6 Å². The first kappa shape index (κ1) is 20.8. The first-order valence-corrected chi connectivity index (χ1v) is 11.3. The van der Waals surface area contributed by atoms with Crippen LogP contribution in [0.1, 0.15) is 25.7 Å². The predicted octanol–water partition coefficient (Wildman–Crippen LogP) is -1.09. The van der Waals surface area contributed by atoms with E-state index >= 15 is 0 Å². The van der Waals surface area contributed by atoms with Crippen molar-refractivity contribution in [1.29, 1.82) is 0 Å². The topological polar surface area (TPSA) is 121 Å². The second-order valence-electron chi connectivity index (χ2n) is 9.17. The van der Waals surface area contributed by atoms with Crippen LogP contribution in [-0.4, -0.2) is 90.1 Å². The highest BCUT2D eigenvalue weighted by molar-refractivity contribution is 6.20. The molecule has 1 aliphatic carbocycles. The van der Waals surface area contributed by atoms with E-state index in [1.165, 1.54) is 0 Å². The molecule has 0 amide bonds. The maximum atomic E-state index is 10.9. The third-order valence-corrected chi connectivity index (χ3v) is 7.99. The molecule has 7 unspecified atom stereocenters. The Bertz CT molecular complexity index is 591. The van der Waals surface area contributed by atoms with Gasteiger partial charge < -0.3 is 30.2 Å². The fourth-order valence-corrected chi connectivity index (χ4v) is 6.43. The monoisotopic (exact) mass is 432 g/mol. The second-order valence-corrected chi connectivity index (χ2v) is 9.79. The van der Waals surface area contributed by atoms with Gasteiger partial charge in [-0.2, -0.15) is 0 Å². The van der Waals surface area contributed by atoms with Gasteiger partial charge in [0.2, 0.25) is 0 Å². The van der Waals surface area contributed by atoms with Crippen molar-refractivity contribution in [3.05, 3.63) is 0 Å². The van der Waals surface area contributed by atoms with E-state index in [0.29, 0.717) is 13.3 Å². The Morgan fingerprint density at radius 2 is 1.90 bits per heavy atom. The van der Waals surface area contributed by atoms with Gasteiger partial charge in [-0.05, 0) is 37.5 Å². The number of fused-ring (bicyclic) bond motifs is 2. The third kappa shape index (κ3) is 3.73. The van der Waals surface area contributed by atoms with E-state index in [2.05, 4.69) is 15.5 Å². The zero-order chi connectivity index (χ0) is 20.1. The first-order valence-electron chi connectivity index (χ1n) is 10.9. The van der Waals surface area contributed by atoms with E-state index in [0.717, 1.165) is 32.2 Å². The maximum Gasteiger partial charge on any atom is 0.147 e. The van der Waals surface area contributed by atoms with E-state index < -0.39 is 24.5 Å². The van der Waals surface area contributed by atoms with Crippen molar-refractivity contribution < 1.29 is 24.4 Å². The molecule has 0 spiro atoms. The molecular formula is C19H33ClN4O5. The van der Waals surface area contributed by atoms with E-state index in [9.17, 15) is 10.2 Å². The van der Waals surface area contributed by atoms with Gasteiger partial charge in [0.05, 0.1) is 25.0 Å². The number of rotatable bonds is 2. The van der Waals surface area contributed by atoms with Crippen LogP contribution in [0.4, 0.5) is 0 Å². The van der Waals surface area contributed by atoms with Crippen molar-refractivity contribution in [1.82, 2.24) is 15.5 Å². The quantitative estimate of drug-likeness (QED) is 0.346. The van der Waals surface area contributed by atoms with Crippen LogP contribution < -0.4 is 16.4 Å². The van der Waals surface area contributed by atoms with Gasteiger partial charge in [-0.3, -0.25) is 15.5 Å². The molecule has 4 aliphatic heterocycles. The summed E-state index contributed by atoms with van der Waals surface area (Å²) in [5.41, 5.74) is 6.21. The minimum absolute atomic E-state index is 0.0228. The van der Waals surface area contributed by atoms with Gasteiger partial charge in [-0.15, -0.1) is 11.6 Å². The van der Waals surface area contributed by atoms with Crippen molar-refractivity contribution in [3.63, 3.8) is 0 Å². The van der Waals surface area contributed by atoms with Gasteiger partial charge in [-0.1, -0.05) is 0 Å². The minimum Gasteiger partial charge on any atom is -0.387 e. The summed E-state index contributed by atoms with van der Waals surface area (Å²) >= 11 is 6.39. The van der Waals surface area contributed by atoms with Gasteiger partial charge in [0.15, 0.2) is 0 Å². The number of halogens is 1. The predicted molar refractivity (Wildman–Crippen MR) is 105 cm³/mol. The highest BCUT2D eigenvalue weighted by atomic mass is 35.5. The molecule has 0 bridgehead atoms. The molecule has 0 aromatic carbocycles. The van der Waals surface area contributed by atoms with Gasteiger partial charge in [0, 0.05) is 24.5 Å². The zero-order valence-electron chi connectivity index (χ0n) is 16.5. The molecule has 1 saturated carbocycles. The molecule has 11 atom stereocenters. The molecule has 10 heteroatoms. The van der Waals surface area contributed by atoms with Crippen LogP contribution in [-0.2, 0) is 14.2 Å². The van der Waals surface area contributed by atoms with Crippen LogP contribution in [0.3, 0.4) is 0 Å². The average Bonchev–Trinajstić information content (AvgIpc) is 3.18. The summed E-state index contributed by atoms with van der Waals surface area (Å²) < 4.78 is 18.0. The molecule has 0 aromatic rings. The van der Waals surface area contributed by atoms with Gasteiger partial charge >= 0.3 is 0 Å². The van der Waals surface area contributed by atoms with Crippen molar-refractivity contribution >= 4 is 11.6 Å². The maximum absolute atomic E-state index is 10.9. The number of hydrogen-bond donors (Lipinski definition) is 5. The Hall–Kier alpha value is -0.0700. The van der Waals surface area contributed by atoms with Crippen LogP contribution in [0.2, 0.25) is 0 Å². The van der Waals surface area contributed by atoms with Gasteiger partial charge in [0.25, 0.3) is 0 Å². The summed E-state index contributed by atoms with van der Waals surface area (Å²) in [4.78, 5) is 2.11. The lowest BCUT2D eigenvalue weighted by molar-refractivity contribution is -0.167. The zero-order valence-corrected chi connectivity index (χ0v) is 17.3. The molecule has 5 aliphatic rings. The number of likely N-dealkylation sites (tertiary alicyclic amines) is 1. The SMILES string of the molecule is NC1NCNC2C1CCN2C1O[C@H]([C@@H]2OCOCC3CC(Cl)CCC32)[C@@H](O)[C@H]1O. The third-order valence-electron chi connectivity index (χ3n) is 7.59. The first-order chi connectivity index (χ1) is 14.0. The molecule has 0 aromatic heterocycles. The van der Waals surface area contributed by atoms with Gasteiger partial charge in [-0.25, -0.2) is 0 Å². The highest BCUT2D eigenvalue weighted by Crippen LogP contribution is 2.42. The summed E-state index contributed by atoms with van der Waals surface area (Å²) in [5, 5.41) is 28.6. The Morgan fingerprint density at radius 1 is 1.03 bits per heavy atom. The number of aliphatic hydroxyl groups is 2. The highest BCUT2D eigenvalue weighted by Gasteiger charge is 2.55. The lowest BCUT2D eigenvalue weighted by atomic mass is 9.74. The second kappa shape index (κ2) is 8.46. The fraction of sp³-hybridized carbons (Fsp3) is 1.00. The normalized spacial score (nSPS) is 54.0. The van der Waals surface area contributed by atoms with Crippen molar-refractivity contribution in [2.75, 3.05) is 26.6 Å². The minimum atomic E-state index is -1.01. The average molecular weight is 433 g/mol. The van der Waals surface area contributed by atoms with Crippen LogP contribution in [0.5, 0.6) is 0 Å². The number of nitrogens with zero attached hydrogens (tertiary/aromatic N) is 1. The van der Waals surface area contributed by atoms with Crippen LogP contribution in [0.15, 0.2) is 0 Å². The Morgan fingerprint density at radius 3 is 2.76 bits per heavy atom. The number of ether oxygens (including phenoxy) is 3. The summed E-state index contributed by atoms with van der Waals surface area (Å²) in [6.45, 7) is 2.16. The summed E-state index contributed by atoms with van der Waals surface area (Å²) in [5.74, 6) is 0.725. The largest absolute Gasteiger partial charge is 0.387 e. The number of hydrogen-bond acceptors (Lipinski definition) is 9. The Balaban J connectivity index is 1.33. The number of nitrogens with two attached hydrogens (primary N) is 1. The molecule has 5 rings (SSSR count). The van der Waals surface area contributed by atoms with Crippen molar-refractivity contribution in [2.24, 2.45) is 23.5 Å². The fourth-order valence-electron chi connectivity index (χ4n) is 6.08. The molecule has 4 saturated heterocycles. The van der Waals surface area contributed by atoms with Gasteiger partial charge in [0.1, 0.15) is 31.3 Å². The molecule has 4 heterocycles. The smallest absolute Gasteiger partial charge is 0.147 e. The molecule has 9 nitrogen and oxygen atoms in total. The molecular weight excluding hydrogens is 400 g/mol. The lowest BCUT2D eigenvalue weighted by Crippen LogP contribution is -2.64. The summed E-state index contributed by atoms with van der Waals surface area (Å²) in [6, 6.07) is 0. The molecule has 6 N–H and O–H groups in total. The van der Waals surface area contributed by atoms with Crippen molar-refractivity contribution in [2.45, 2.75) is 74.0 Å². The van der Waals surface area contributed by atoms with E-state index in [1.807, 2.05) is 0 Å². The molecule has 0 radical (unpaired) electrons. The lowest BCUT2D eigenvalue weighted by Gasteiger charge is -2.40. The number of nitrogens with one attached hydrogen (secondary N) is 2. The Kier molecular flexibility index (Phi) is 6.07. The molecule has 5 fully saturated rings. The van der Waals surface area contributed by atoms with Crippen molar-refractivity contribution in [3.8, 4) is 0 Å². The van der Waals surface area contributed by atoms with Crippen LogP contribution in [0, 0.1) is 17.8 Å². The number of aliphatic hydroxyl groups excluding tert-OH is 2. The standard InChI is InChI=1S/C19H33ClN4O5/c20-10-1-2-11-9(5-10)6-27-8-28-15(11)16-13(25)14(26)19(29-16)24-4-3-12-17(21)22-7-23-18(12)24/h9-19,22-23,25-26H,1-8,21H2/t9?,10?,11?,12?,13-,14+,15+,16-,17?,18?,19?/m0/s1. The summed E-state index contributed by atoms with van der Waals surface area (Å²) in [7, 11) is 0. The number of alkyl halides is 1. The van der Waals surface area contributed by atoms with E-state index in [1.54, 1.807) is 0 Å². The van der Waals surface area contributed by atoms with E-state index in [4.69, 9.17) is 31.5 Å². The molecule has 166 valence electrons. The Labute approximate surface area is 176 Å². The van der Waals surface area contributed by atoms with Crippen LogP contribution in [0.25, 0.3) is 0 Å². The molecule has 29 heavy (non-hydrogen) atoms. The summed E-state index contributed by atoms with van der Waals surface area (Å²) in [6.07, 6.45) is 0.0639.